The van der Waals surface area contributed by atoms with E-state index >= 15 is 0 Å². The maximum Gasteiger partial charge on any atom is 0.223 e. The molecule has 0 atom stereocenters. The number of amides is 1. The van der Waals surface area contributed by atoms with E-state index in [0.717, 1.165) is 48.6 Å². The summed E-state index contributed by atoms with van der Waals surface area (Å²) in [6, 6.07) is 7.84. The van der Waals surface area contributed by atoms with Gasteiger partial charge in [0.1, 0.15) is 5.82 Å². The zero-order chi connectivity index (χ0) is 18.9. The molecule has 1 saturated heterocycles. The largest absolute Gasteiger partial charge is 0.355 e. The van der Waals surface area contributed by atoms with Gasteiger partial charge in [-0.05, 0) is 35.4 Å². The van der Waals surface area contributed by atoms with Crippen molar-refractivity contribution in [3.05, 3.63) is 42.5 Å². The maximum absolute atomic E-state index is 12.6. The van der Waals surface area contributed by atoms with Gasteiger partial charge in [-0.2, -0.15) is 4.52 Å². The molecule has 3 aromatic heterocycles. The third-order valence-electron chi connectivity index (χ3n) is 5.15. The highest BCUT2D eigenvalue weighted by molar-refractivity contribution is 5.79. The number of nitrogens with zero attached hydrogens (tertiary/aromatic N) is 7. The van der Waals surface area contributed by atoms with Crippen LogP contribution in [0.25, 0.3) is 16.7 Å². The Kier molecular flexibility index (Phi) is 4.08. The van der Waals surface area contributed by atoms with Crippen molar-refractivity contribution in [1.29, 1.82) is 0 Å². The van der Waals surface area contributed by atoms with Crippen molar-refractivity contribution in [3.63, 3.8) is 0 Å². The maximum atomic E-state index is 12.6. The van der Waals surface area contributed by atoms with Crippen LogP contribution < -0.4 is 10.2 Å². The number of carbonyl (C=O) groups excluding carboxylic acids is 1. The summed E-state index contributed by atoms with van der Waals surface area (Å²) in [7, 11) is 0. The van der Waals surface area contributed by atoms with E-state index < -0.39 is 0 Å². The second-order valence-corrected chi connectivity index (χ2v) is 6.89. The van der Waals surface area contributed by atoms with Crippen LogP contribution in [0.15, 0.2) is 36.7 Å². The number of rotatable bonds is 4. The van der Waals surface area contributed by atoms with Crippen LogP contribution in [-0.4, -0.2) is 54.0 Å². The molecular weight excluding hydrogens is 358 g/mol. The quantitative estimate of drug-likeness (QED) is 0.543. The van der Waals surface area contributed by atoms with Crippen molar-refractivity contribution in [2.75, 3.05) is 18.0 Å². The fourth-order valence-corrected chi connectivity index (χ4v) is 3.65. The molecule has 28 heavy (non-hydrogen) atoms. The number of tetrazole rings is 1. The summed E-state index contributed by atoms with van der Waals surface area (Å²) in [6.45, 7) is 1.91. The normalized spacial score (nSPS) is 15.4. The number of hydrogen-bond donors (Lipinski definition) is 2. The highest BCUT2D eigenvalue weighted by Gasteiger charge is 2.26. The zero-order valence-electron chi connectivity index (χ0n) is 15.1. The predicted octanol–water partition coefficient (Wildman–Crippen LogP) is 0.928. The monoisotopic (exact) mass is 377 g/mol. The molecule has 1 amide bonds. The minimum atomic E-state index is -0.0123. The lowest BCUT2D eigenvalue weighted by Crippen LogP contribution is -2.41. The number of para-hydroxylation sites is 2. The predicted molar refractivity (Wildman–Crippen MR) is 101 cm³/mol. The lowest BCUT2D eigenvalue weighted by molar-refractivity contribution is -0.125. The van der Waals surface area contributed by atoms with E-state index in [-0.39, 0.29) is 11.8 Å². The molecule has 2 N–H and O–H groups in total. The van der Waals surface area contributed by atoms with E-state index in [1.807, 2.05) is 24.3 Å². The molecule has 0 saturated carbocycles. The molecule has 1 aliphatic rings. The molecule has 10 heteroatoms. The number of anilines is 1. The number of aromatic amines is 1. The molecule has 142 valence electrons. The summed E-state index contributed by atoms with van der Waals surface area (Å²) < 4.78 is 1.68. The minimum absolute atomic E-state index is 0.0123. The van der Waals surface area contributed by atoms with Crippen LogP contribution in [0.4, 0.5) is 5.82 Å². The van der Waals surface area contributed by atoms with Crippen molar-refractivity contribution in [2.24, 2.45) is 5.92 Å². The van der Waals surface area contributed by atoms with Gasteiger partial charge in [0.2, 0.25) is 5.91 Å². The molecule has 0 unspecified atom stereocenters. The Hall–Kier alpha value is -3.56. The third kappa shape index (κ3) is 3.02. The van der Waals surface area contributed by atoms with E-state index in [1.54, 1.807) is 16.9 Å². The number of piperidine rings is 1. The average Bonchev–Trinajstić information content (AvgIpc) is 3.38. The number of hydrogen-bond acceptors (Lipinski definition) is 7. The topological polar surface area (TPSA) is 117 Å². The van der Waals surface area contributed by atoms with E-state index in [9.17, 15) is 4.79 Å². The first kappa shape index (κ1) is 16.6. The Bertz CT molecular complexity index is 1090. The van der Waals surface area contributed by atoms with Gasteiger partial charge in [-0.1, -0.05) is 12.1 Å². The smallest absolute Gasteiger partial charge is 0.223 e. The molecule has 5 rings (SSSR count). The molecule has 0 aliphatic carbocycles. The number of imidazole rings is 1. The van der Waals surface area contributed by atoms with Crippen LogP contribution in [-0.2, 0) is 11.3 Å². The summed E-state index contributed by atoms with van der Waals surface area (Å²) in [5.41, 5.74) is 2.50. The fraction of sp³-hybridized carbons (Fsp3) is 0.333. The molecule has 1 fully saturated rings. The Morgan fingerprint density at radius 2 is 2.07 bits per heavy atom. The van der Waals surface area contributed by atoms with Gasteiger partial charge in [-0.25, -0.2) is 4.98 Å². The molecule has 0 bridgehead atoms. The zero-order valence-corrected chi connectivity index (χ0v) is 15.1. The van der Waals surface area contributed by atoms with Crippen molar-refractivity contribution in [3.8, 4) is 0 Å². The summed E-state index contributed by atoms with van der Waals surface area (Å²) >= 11 is 0. The van der Waals surface area contributed by atoms with Crippen LogP contribution in [0.3, 0.4) is 0 Å². The first-order valence-electron chi connectivity index (χ1n) is 9.26. The summed E-state index contributed by atoms with van der Waals surface area (Å²) in [4.78, 5) is 26.7. The Morgan fingerprint density at radius 3 is 2.93 bits per heavy atom. The van der Waals surface area contributed by atoms with E-state index in [2.05, 4.69) is 40.7 Å². The van der Waals surface area contributed by atoms with Crippen LogP contribution >= 0.6 is 0 Å². The standard InChI is InChI=1S/C18H19N9O/c28-18(20-9-15-21-13-3-1-2-4-14(13)22-15)12-5-7-26(8-6-12)17-11-19-10-16-23-24-25-27(16)17/h1-4,10-12H,5-9H2,(H,20,28)(H,21,22). The second kappa shape index (κ2) is 6.87. The van der Waals surface area contributed by atoms with Crippen LogP contribution in [0.5, 0.6) is 0 Å². The number of nitrogens with one attached hydrogen (secondary N) is 2. The molecule has 1 aliphatic heterocycles. The van der Waals surface area contributed by atoms with Gasteiger partial charge in [-0.15, -0.1) is 5.10 Å². The Balaban J connectivity index is 1.19. The van der Waals surface area contributed by atoms with Gasteiger partial charge >= 0.3 is 0 Å². The van der Waals surface area contributed by atoms with Gasteiger partial charge in [0.15, 0.2) is 11.5 Å². The van der Waals surface area contributed by atoms with Crippen LogP contribution in [0.2, 0.25) is 0 Å². The first-order valence-corrected chi connectivity index (χ1v) is 9.26. The summed E-state index contributed by atoms with van der Waals surface area (Å²) in [6.07, 6.45) is 4.92. The van der Waals surface area contributed by atoms with Gasteiger partial charge in [0.05, 0.1) is 30.0 Å². The van der Waals surface area contributed by atoms with Gasteiger partial charge in [0, 0.05) is 19.0 Å². The van der Waals surface area contributed by atoms with E-state index in [4.69, 9.17) is 0 Å². The molecule has 10 nitrogen and oxygen atoms in total. The second-order valence-electron chi connectivity index (χ2n) is 6.89. The molecule has 4 heterocycles. The van der Waals surface area contributed by atoms with Crippen LogP contribution in [0, 0.1) is 5.92 Å². The lowest BCUT2D eigenvalue weighted by atomic mass is 9.96. The first-order chi connectivity index (χ1) is 13.8. The summed E-state index contributed by atoms with van der Waals surface area (Å²) in [5.74, 6) is 1.67. The molecule has 0 spiro atoms. The van der Waals surface area contributed by atoms with Gasteiger partial charge in [0.25, 0.3) is 0 Å². The highest BCUT2D eigenvalue weighted by atomic mass is 16.1. The minimum Gasteiger partial charge on any atom is -0.355 e. The number of aromatic nitrogens is 7. The highest BCUT2D eigenvalue weighted by Crippen LogP contribution is 2.23. The number of benzene rings is 1. The number of carbonyl (C=O) groups is 1. The van der Waals surface area contributed by atoms with E-state index in [1.165, 1.54) is 0 Å². The Morgan fingerprint density at radius 1 is 1.21 bits per heavy atom. The van der Waals surface area contributed by atoms with Crippen molar-refractivity contribution >= 4 is 28.4 Å². The number of fused-ring (bicyclic) bond motifs is 2. The average molecular weight is 377 g/mol. The molecule has 0 radical (unpaired) electrons. The van der Waals surface area contributed by atoms with Gasteiger partial charge in [-0.3, -0.25) is 9.78 Å². The van der Waals surface area contributed by atoms with Crippen molar-refractivity contribution in [2.45, 2.75) is 19.4 Å². The molecule has 1 aromatic carbocycles. The third-order valence-corrected chi connectivity index (χ3v) is 5.15. The van der Waals surface area contributed by atoms with E-state index in [0.29, 0.717) is 12.2 Å². The molecular formula is C18H19N9O. The fourth-order valence-electron chi connectivity index (χ4n) is 3.65. The summed E-state index contributed by atoms with van der Waals surface area (Å²) in [5, 5.41) is 14.6. The number of H-pyrrole nitrogens is 1. The lowest BCUT2D eigenvalue weighted by Gasteiger charge is -2.32. The van der Waals surface area contributed by atoms with Crippen molar-refractivity contribution in [1.82, 2.24) is 40.3 Å². The SMILES string of the molecule is O=C(NCc1nc2ccccc2[nH]1)C1CCN(c2cncc3nnnn23)CC1. The Labute approximate surface area is 160 Å². The van der Waals surface area contributed by atoms with Crippen molar-refractivity contribution < 1.29 is 4.79 Å². The van der Waals surface area contributed by atoms with Gasteiger partial charge < -0.3 is 15.2 Å². The van der Waals surface area contributed by atoms with Crippen LogP contribution in [0.1, 0.15) is 18.7 Å². The molecule has 4 aromatic rings.